The summed E-state index contributed by atoms with van der Waals surface area (Å²) in [6, 6.07) is 1.96. The summed E-state index contributed by atoms with van der Waals surface area (Å²) in [5.41, 5.74) is 6.34. The van der Waals surface area contributed by atoms with Crippen molar-refractivity contribution < 1.29 is 0 Å². The van der Waals surface area contributed by atoms with E-state index in [-0.39, 0.29) is 5.54 Å². The Morgan fingerprint density at radius 1 is 1.62 bits per heavy atom. The van der Waals surface area contributed by atoms with E-state index in [1.165, 1.54) is 0 Å². The normalized spacial score (nSPS) is 25.3. The summed E-state index contributed by atoms with van der Waals surface area (Å²) in [5.74, 6) is 0.953. The predicted molar refractivity (Wildman–Crippen MR) is 73.0 cm³/mol. The standard InChI is InChI=1S/C10H11BrClN3S/c1-10(2-3-16-9(13)15-10)7-4-6(11)5-14-8(7)12/h4-5H,2-3H2,1H3,(H2,13,15)/t10-/m0/s1. The molecule has 1 atom stereocenters. The number of hydrogen-bond donors (Lipinski definition) is 1. The molecule has 1 aliphatic heterocycles. The third-order valence-corrected chi connectivity index (χ3v) is 4.11. The van der Waals surface area contributed by atoms with Gasteiger partial charge in [0.05, 0.1) is 5.54 Å². The second-order valence-electron chi connectivity index (χ2n) is 3.81. The SMILES string of the molecule is C[C@@]1(c2cc(Br)cnc2Cl)CCSC(N)=N1. The average Bonchev–Trinajstić information content (AvgIpc) is 2.21. The highest BCUT2D eigenvalue weighted by atomic mass is 79.9. The Morgan fingerprint density at radius 3 is 3.06 bits per heavy atom. The van der Waals surface area contributed by atoms with Crippen LogP contribution < -0.4 is 5.73 Å². The Balaban J connectivity index is 2.50. The summed E-state index contributed by atoms with van der Waals surface area (Å²) in [6.07, 6.45) is 2.59. The number of aromatic nitrogens is 1. The fraction of sp³-hybridized carbons (Fsp3) is 0.400. The summed E-state index contributed by atoms with van der Waals surface area (Å²) in [5, 5.41) is 1.11. The summed E-state index contributed by atoms with van der Waals surface area (Å²) < 4.78 is 0.903. The molecule has 0 spiro atoms. The molecule has 2 rings (SSSR count). The first-order valence-electron chi connectivity index (χ1n) is 4.81. The highest BCUT2D eigenvalue weighted by Crippen LogP contribution is 2.38. The van der Waals surface area contributed by atoms with Gasteiger partial charge in [0.15, 0.2) is 5.17 Å². The molecular weight excluding hydrogens is 310 g/mol. The summed E-state index contributed by atoms with van der Waals surface area (Å²) in [4.78, 5) is 8.62. The van der Waals surface area contributed by atoms with Gasteiger partial charge in [-0.2, -0.15) is 0 Å². The molecule has 0 aromatic carbocycles. The van der Waals surface area contributed by atoms with Gasteiger partial charge in [-0.1, -0.05) is 23.4 Å². The van der Waals surface area contributed by atoms with Gasteiger partial charge in [-0.3, -0.25) is 4.99 Å². The number of rotatable bonds is 1. The molecule has 0 saturated heterocycles. The van der Waals surface area contributed by atoms with E-state index in [1.807, 2.05) is 13.0 Å². The van der Waals surface area contributed by atoms with Crippen LogP contribution in [-0.2, 0) is 5.54 Å². The Labute approximate surface area is 112 Å². The summed E-state index contributed by atoms with van der Waals surface area (Å²) in [7, 11) is 0. The van der Waals surface area contributed by atoms with Crippen molar-refractivity contribution in [1.29, 1.82) is 0 Å². The van der Waals surface area contributed by atoms with E-state index in [4.69, 9.17) is 17.3 Å². The maximum absolute atomic E-state index is 6.12. The quantitative estimate of drug-likeness (QED) is 0.809. The number of aliphatic imine (C=N–C) groups is 1. The molecule has 6 heteroatoms. The van der Waals surface area contributed by atoms with Crippen LogP contribution in [0.15, 0.2) is 21.7 Å². The van der Waals surface area contributed by atoms with Crippen molar-refractivity contribution in [1.82, 2.24) is 4.98 Å². The first-order chi connectivity index (χ1) is 7.51. The molecule has 2 N–H and O–H groups in total. The lowest BCUT2D eigenvalue weighted by atomic mass is 9.91. The van der Waals surface area contributed by atoms with Gasteiger partial charge in [-0.15, -0.1) is 0 Å². The zero-order valence-corrected chi connectivity index (χ0v) is 11.9. The van der Waals surface area contributed by atoms with Crippen LogP contribution in [0.5, 0.6) is 0 Å². The monoisotopic (exact) mass is 319 g/mol. The molecular formula is C10H11BrClN3S. The van der Waals surface area contributed by atoms with Crippen molar-refractivity contribution in [3.05, 3.63) is 27.5 Å². The van der Waals surface area contributed by atoms with E-state index >= 15 is 0 Å². The average molecular weight is 321 g/mol. The Bertz CT molecular complexity index is 452. The maximum atomic E-state index is 6.12. The minimum Gasteiger partial charge on any atom is -0.379 e. The van der Waals surface area contributed by atoms with E-state index < -0.39 is 0 Å². The van der Waals surface area contributed by atoms with Gasteiger partial charge in [0.2, 0.25) is 0 Å². The van der Waals surface area contributed by atoms with Crippen molar-refractivity contribution in [2.24, 2.45) is 10.7 Å². The third-order valence-electron chi connectivity index (χ3n) is 2.58. The van der Waals surface area contributed by atoms with E-state index in [0.717, 1.165) is 22.2 Å². The van der Waals surface area contributed by atoms with Crippen LogP contribution in [-0.4, -0.2) is 15.9 Å². The summed E-state index contributed by atoms with van der Waals surface area (Å²) >= 11 is 11.1. The van der Waals surface area contributed by atoms with Gasteiger partial charge in [-0.25, -0.2) is 4.98 Å². The van der Waals surface area contributed by atoms with E-state index in [9.17, 15) is 0 Å². The number of nitrogens with two attached hydrogens (primary N) is 1. The Hall–Kier alpha value is -0.260. The molecule has 16 heavy (non-hydrogen) atoms. The molecule has 0 fully saturated rings. The van der Waals surface area contributed by atoms with Crippen LogP contribution in [0.3, 0.4) is 0 Å². The van der Waals surface area contributed by atoms with Gasteiger partial charge < -0.3 is 5.73 Å². The van der Waals surface area contributed by atoms with Gasteiger partial charge in [-0.05, 0) is 35.3 Å². The second-order valence-corrected chi connectivity index (χ2v) is 6.20. The number of thioether (sulfide) groups is 1. The molecule has 0 bridgehead atoms. The third kappa shape index (κ3) is 2.36. The first kappa shape index (κ1) is 12.2. The number of hydrogen-bond acceptors (Lipinski definition) is 4. The predicted octanol–water partition coefficient (Wildman–Crippen LogP) is 3.16. The smallest absolute Gasteiger partial charge is 0.154 e. The van der Waals surface area contributed by atoms with Crippen LogP contribution >= 0.6 is 39.3 Å². The fourth-order valence-corrected chi connectivity index (χ4v) is 3.29. The molecule has 1 aliphatic rings. The first-order valence-corrected chi connectivity index (χ1v) is 6.96. The molecule has 0 radical (unpaired) electrons. The van der Waals surface area contributed by atoms with E-state index in [0.29, 0.717) is 10.3 Å². The van der Waals surface area contributed by atoms with Gasteiger partial charge in [0, 0.05) is 22.0 Å². The minimum absolute atomic E-state index is 0.358. The minimum atomic E-state index is -0.358. The van der Waals surface area contributed by atoms with Crippen LogP contribution in [0.2, 0.25) is 5.15 Å². The Morgan fingerprint density at radius 2 is 2.38 bits per heavy atom. The number of nitrogens with zero attached hydrogens (tertiary/aromatic N) is 2. The molecule has 2 heterocycles. The van der Waals surface area contributed by atoms with Crippen molar-refractivity contribution >= 4 is 44.5 Å². The van der Waals surface area contributed by atoms with Gasteiger partial charge in [0.1, 0.15) is 5.15 Å². The molecule has 1 aromatic heterocycles. The van der Waals surface area contributed by atoms with Crippen molar-refractivity contribution in [2.45, 2.75) is 18.9 Å². The highest BCUT2D eigenvalue weighted by Gasteiger charge is 2.32. The number of halogens is 2. The van der Waals surface area contributed by atoms with Crippen molar-refractivity contribution in [3.63, 3.8) is 0 Å². The van der Waals surface area contributed by atoms with Crippen molar-refractivity contribution in [2.75, 3.05) is 5.75 Å². The topological polar surface area (TPSA) is 51.3 Å². The fourth-order valence-electron chi connectivity index (χ4n) is 1.68. The van der Waals surface area contributed by atoms with E-state index in [2.05, 4.69) is 25.9 Å². The second kappa shape index (κ2) is 4.55. The van der Waals surface area contributed by atoms with Crippen LogP contribution in [0, 0.1) is 0 Å². The van der Waals surface area contributed by atoms with Crippen LogP contribution in [0.25, 0.3) is 0 Å². The lowest BCUT2D eigenvalue weighted by molar-refractivity contribution is 0.480. The zero-order valence-electron chi connectivity index (χ0n) is 8.70. The van der Waals surface area contributed by atoms with Gasteiger partial charge >= 0.3 is 0 Å². The molecule has 0 aliphatic carbocycles. The lowest BCUT2D eigenvalue weighted by Gasteiger charge is -2.30. The highest BCUT2D eigenvalue weighted by molar-refractivity contribution is 9.10. The number of pyridine rings is 1. The summed E-state index contributed by atoms with van der Waals surface area (Å²) in [6.45, 7) is 2.04. The maximum Gasteiger partial charge on any atom is 0.154 e. The lowest BCUT2D eigenvalue weighted by Crippen LogP contribution is -2.29. The molecule has 1 aromatic rings. The molecule has 0 saturated carbocycles. The zero-order chi connectivity index (χ0) is 11.8. The molecule has 3 nitrogen and oxygen atoms in total. The molecule has 86 valence electrons. The van der Waals surface area contributed by atoms with Crippen LogP contribution in [0.4, 0.5) is 0 Å². The molecule has 0 unspecified atom stereocenters. The number of amidine groups is 1. The Kier molecular flexibility index (Phi) is 3.47. The van der Waals surface area contributed by atoms with E-state index in [1.54, 1.807) is 18.0 Å². The van der Waals surface area contributed by atoms with Crippen LogP contribution in [0.1, 0.15) is 18.9 Å². The van der Waals surface area contributed by atoms with Gasteiger partial charge in [0.25, 0.3) is 0 Å². The molecule has 0 amide bonds. The van der Waals surface area contributed by atoms with Crippen molar-refractivity contribution in [3.8, 4) is 0 Å². The largest absolute Gasteiger partial charge is 0.379 e.